The molecule has 162 valence electrons. The normalized spacial score (nSPS) is 34.3. The summed E-state index contributed by atoms with van der Waals surface area (Å²) in [5, 5.41) is 58.0. The van der Waals surface area contributed by atoms with E-state index in [1.165, 1.54) is 0 Å². The van der Waals surface area contributed by atoms with Crippen molar-refractivity contribution in [2.75, 3.05) is 19.8 Å². The Morgan fingerprint density at radius 3 is 2.43 bits per heavy atom. The van der Waals surface area contributed by atoms with Crippen molar-refractivity contribution in [2.24, 2.45) is 0 Å². The molecule has 1 saturated heterocycles. The van der Waals surface area contributed by atoms with Crippen LogP contribution >= 0.6 is 0 Å². The number of carbonyl (C=O) groups is 1. The van der Waals surface area contributed by atoms with Crippen molar-refractivity contribution < 1.29 is 54.4 Å². The summed E-state index contributed by atoms with van der Waals surface area (Å²) < 4.78 is 21.1. The first-order valence-electron chi connectivity index (χ1n) is 9.19. The third-order valence-corrected chi connectivity index (χ3v) is 4.53. The minimum absolute atomic E-state index is 0.167. The number of unbranched alkanes of at least 4 members (excludes halogenated alkanes) is 2. The zero-order valence-electron chi connectivity index (χ0n) is 15.5. The maximum absolute atomic E-state index is 12.2. The molecule has 7 atom stereocenters. The van der Waals surface area contributed by atoms with Gasteiger partial charge in [0.1, 0.15) is 30.5 Å². The van der Waals surface area contributed by atoms with Gasteiger partial charge in [-0.05, 0) is 6.42 Å². The fraction of sp³-hybridized carbons (Fsp3) is 0.824. The van der Waals surface area contributed by atoms with Gasteiger partial charge in [0.15, 0.2) is 11.9 Å². The molecule has 0 aromatic carbocycles. The molecule has 0 amide bonds. The molecule has 28 heavy (non-hydrogen) atoms. The second-order valence-corrected chi connectivity index (χ2v) is 6.64. The smallest absolute Gasteiger partial charge is 0.378 e. The Labute approximate surface area is 161 Å². The Balaban J connectivity index is 2.22. The first-order valence-corrected chi connectivity index (χ1v) is 9.19. The topological polar surface area (TPSA) is 175 Å². The van der Waals surface area contributed by atoms with E-state index in [1.807, 2.05) is 6.92 Å². The van der Waals surface area contributed by atoms with E-state index in [1.54, 1.807) is 0 Å². The van der Waals surface area contributed by atoms with E-state index in [4.69, 9.17) is 18.9 Å². The first-order chi connectivity index (χ1) is 13.3. The van der Waals surface area contributed by atoms with Crippen LogP contribution in [0.3, 0.4) is 0 Å². The van der Waals surface area contributed by atoms with E-state index < -0.39 is 67.9 Å². The predicted molar refractivity (Wildman–Crippen MR) is 90.3 cm³/mol. The molecule has 0 unspecified atom stereocenters. The summed E-state index contributed by atoms with van der Waals surface area (Å²) in [6, 6.07) is 0. The van der Waals surface area contributed by atoms with Crippen molar-refractivity contribution in [2.45, 2.75) is 69.1 Å². The number of hydrogen-bond donors (Lipinski definition) is 6. The third-order valence-electron chi connectivity index (χ3n) is 4.53. The van der Waals surface area contributed by atoms with Crippen LogP contribution in [0.25, 0.3) is 0 Å². The molecular weight excluding hydrogens is 380 g/mol. The highest BCUT2D eigenvalue weighted by Crippen LogP contribution is 2.31. The van der Waals surface area contributed by atoms with Crippen molar-refractivity contribution >= 4 is 5.97 Å². The van der Waals surface area contributed by atoms with Crippen LogP contribution in [0.5, 0.6) is 0 Å². The van der Waals surface area contributed by atoms with Gasteiger partial charge in [-0.2, -0.15) is 0 Å². The van der Waals surface area contributed by atoms with Crippen molar-refractivity contribution in [3.63, 3.8) is 0 Å². The second-order valence-electron chi connectivity index (χ2n) is 6.64. The molecule has 0 aromatic rings. The second kappa shape index (κ2) is 10.3. The Morgan fingerprint density at radius 1 is 1.11 bits per heavy atom. The lowest BCUT2D eigenvalue weighted by Crippen LogP contribution is -2.59. The molecule has 0 saturated carbocycles. The van der Waals surface area contributed by atoms with Gasteiger partial charge in [-0.15, -0.1) is 0 Å². The highest BCUT2D eigenvalue weighted by atomic mass is 16.7. The number of esters is 1. The Hall–Kier alpha value is -1.47. The number of carbonyl (C=O) groups excluding carboxylic acids is 1. The zero-order chi connectivity index (χ0) is 20.8. The van der Waals surface area contributed by atoms with Gasteiger partial charge in [0, 0.05) is 0 Å². The third kappa shape index (κ3) is 4.92. The van der Waals surface area contributed by atoms with E-state index in [0.29, 0.717) is 6.42 Å². The average Bonchev–Trinajstić information content (AvgIpc) is 3.00. The summed E-state index contributed by atoms with van der Waals surface area (Å²) >= 11 is 0. The van der Waals surface area contributed by atoms with Gasteiger partial charge < -0.3 is 49.6 Å². The van der Waals surface area contributed by atoms with Crippen LogP contribution in [0, 0.1) is 0 Å². The standard InChI is InChI=1S/C17H28O11/c1-2-3-4-5-25-14-13(8(20)6-18)27-16(24)15(14)28-17-12(23)11(22)10(21)9(7-19)26-17/h8-13,17-23H,2-7H2,1H3/t8-,9+,10+,11-,12+,13+,17-/m0/s1. The summed E-state index contributed by atoms with van der Waals surface area (Å²) in [4.78, 5) is 12.2. The van der Waals surface area contributed by atoms with Crippen LogP contribution in [0.15, 0.2) is 11.5 Å². The van der Waals surface area contributed by atoms with Crippen molar-refractivity contribution in [3.05, 3.63) is 11.5 Å². The fourth-order valence-corrected chi connectivity index (χ4v) is 2.87. The number of hydrogen-bond acceptors (Lipinski definition) is 11. The zero-order valence-corrected chi connectivity index (χ0v) is 15.5. The summed E-state index contributed by atoms with van der Waals surface area (Å²) in [5.74, 6) is -1.67. The molecule has 0 bridgehead atoms. The summed E-state index contributed by atoms with van der Waals surface area (Å²) in [6.07, 6.45) is -8.18. The van der Waals surface area contributed by atoms with E-state index in [9.17, 15) is 35.4 Å². The van der Waals surface area contributed by atoms with Gasteiger partial charge in [0.25, 0.3) is 0 Å². The van der Waals surface area contributed by atoms with Gasteiger partial charge >= 0.3 is 5.97 Å². The average molecular weight is 408 g/mol. The predicted octanol–water partition coefficient (Wildman–Crippen LogP) is -2.50. The highest BCUT2D eigenvalue weighted by molar-refractivity contribution is 5.89. The van der Waals surface area contributed by atoms with Crippen LogP contribution in [0.4, 0.5) is 0 Å². The molecule has 2 heterocycles. The molecule has 2 aliphatic rings. The molecule has 11 nitrogen and oxygen atoms in total. The summed E-state index contributed by atoms with van der Waals surface area (Å²) in [6.45, 7) is 0.817. The Morgan fingerprint density at radius 2 is 1.82 bits per heavy atom. The van der Waals surface area contributed by atoms with Gasteiger partial charge in [-0.25, -0.2) is 4.79 Å². The van der Waals surface area contributed by atoms with Crippen LogP contribution in [-0.2, 0) is 23.7 Å². The lowest BCUT2D eigenvalue weighted by atomic mass is 9.99. The van der Waals surface area contributed by atoms with Gasteiger partial charge in [-0.3, -0.25) is 0 Å². The number of aliphatic hydroxyl groups excluding tert-OH is 6. The summed E-state index contributed by atoms with van der Waals surface area (Å²) in [7, 11) is 0. The maximum atomic E-state index is 12.2. The van der Waals surface area contributed by atoms with Crippen LogP contribution in [0.1, 0.15) is 26.2 Å². The SMILES string of the molecule is CCCCCOC1=C(O[C@@H]2O[C@H](CO)[C@@H](O)[C@H](O)[C@H]2O)C(=O)O[C@@H]1[C@@H](O)CO. The van der Waals surface area contributed by atoms with E-state index >= 15 is 0 Å². The largest absolute Gasteiger partial charge is 0.490 e. The monoisotopic (exact) mass is 408 g/mol. The molecule has 2 rings (SSSR count). The number of ether oxygens (including phenoxy) is 4. The molecule has 2 aliphatic heterocycles. The summed E-state index contributed by atoms with van der Waals surface area (Å²) in [5.41, 5.74) is 0. The first kappa shape index (κ1) is 22.8. The van der Waals surface area contributed by atoms with Gasteiger partial charge in [0.2, 0.25) is 12.0 Å². The van der Waals surface area contributed by atoms with Crippen molar-refractivity contribution in [1.82, 2.24) is 0 Å². The van der Waals surface area contributed by atoms with E-state index in [0.717, 1.165) is 12.8 Å². The highest BCUT2D eigenvalue weighted by Gasteiger charge is 2.48. The lowest BCUT2D eigenvalue weighted by molar-refractivity contribution is -0.291. The molecule has 0 aromatic heterocycles. The molecule has 6 N–H and O–H groups in total. The van der Waals surface area contributed by atoms with Crippen molar-refractivity contribution in [3.8, 4) is 0 Å². The molecule has 0 spiro atoms. The molecule has 11 heteroatoms. The van der Waals surface area contributed by atoms with Crippen LogP contribution in [-0.4, -0.2) is 99.3 Å². The van der Waals surface area contributed by atoms with Crippen LogP contribution < -0.4 is 0 Å². The number of aliphatic hydroxyl groups is 6. The molecule has 1 fully saturated rings. The van der Waals surface area contributed by atoms with E-state index in [2.05, 4.69) is 0 Å². The van der Waals surface area contributed by atoms with E-state index in [-0.39, 0.29) is 12.4 Å². The van der Waals surface area contributed by atoms with Gasteiger partial charge in [0.05, 0.1) is 19.8 Å². The van der Waals surface area contributed by atoms with Gasteiger partial charge in [-0.1, -0.05) is 19.8 Å². The Bertz CT molecular complexity index is 549. The number of rotatable bonds is 10. The van der Waals surface area contributed by atoms with Crippen molar-refractivity contribution in [1.29, 1.82) is 0 Å². The fourth-order valence-electron chi connectivity index (χ4n) is 2.87. The maximum Gasteiger partial charge on any atom is 0.378 e. The molecule has 0 aliphatic carbocycles. The number of cyclic esters (lactones) is 1. The lowest BCUT2D eigenvalue weighted by Gasteiger charge is -2.39. The minimum Gasteiger partial charge on any atom is -0.490 e. The minimum atomic E-state index is -1.73. The Kier molecular flexibility index (Phi) is 8.43. The quantitative estimate of drug-likeness (QED) is 0.166. The molecular formula is C17H28O11. The molecule has 0 radical (unpaired) electrons. The van der Waals surface area contributed by atoms with Crippen LogP contribution in [0.2, 0.25) is 0 Å².